The van der Waals surface area contributed by atoms with Crippen LogP contribution in [0.15, 0.2) is 35.4 Å². The quantitative estimate of drug-likeness (QED) is 0.168. The molecule has 0 unspecified atom stereocenters. The second kappa shape index (κ2) is 13.5. The molecule has 226 valence electrons. The molecule has 15 heteroatoms. The van der Waals surface area contributed by atoms with E-state index in [-0.39, 0.29) is 36.9 Å². The van der Waals surface area contributed by atoms with Gasteiger partial charge in [-0.3, -0.25) is 28.3 Å². The summed E-state index contributed by atoms with van der Waals surface area (Å²) in [5.74, 6) is -1.12. The summed E-state index contributed by atoms with van der Waals surface area (Å²) in [7, 11) is 3.06. The van der Waals surface area contributed by atoms with E-state index in [4.69, 9.17) is 33.2 Å². The fourth-order valence-corrected chi connectivity index (χ4v) is 4.49. The van der Waals surface area contributed by atoms with Crippen molar-refractivity contribution in [3.63, 3.8) is 0 Å². The van der Waals surface area contributed by atoms with E-state index in [2.05, 4.69) is 9.97 Å². The number of carbonyl (C=O) groups is 3. The molecule has 1 saturated heterocycles. The molecule has 0 amide bonds. The van der Waals surface area contributed by atoms with E-state index in [0.29, 0.717) is 17.9 Å². The molecule has 42 heavy (non-hydrogen) atoms. The van der Waals surface area contributed by atoms with Crippen molar-refractivity contribution in [1.82, 2.24) is 19.1 Å². The molecular formula is C27H32N4O11. The van der Waals surface area contributed by atoms with E-state index in [0.717, 1.165) is 0 Å². The van der Waals surface area contributed by atoms with Crippen molar-refractivity contribution in [1.29, 1.82) is 0 Å². The Balaban J connectivity index is 1.88. The number of benzene rings is 1. The van der Waals surface area contributed by atoms with Gasteiger partial charge in [0.05, 0.1) is 20.3 Å². The SMILES string of the molecule is COCCOCn1cnc2c(nc(-c3ccc(OC)cc3)n2[C@@H]2O[C@H](COC(C)=O)[C@@H](OC(C)=O)[C@H]2OC(C)=O)c1=O. The summed E-state index contributed by atoms with van der Waals surface area (Å²) in [6, 6.07) is 6.86. The molecule has 0 N–H and O–H groups in total. The fourth-order valence-electron chi connectivity index (χ4n) is 4.49. The standard InChI is InChI=1S/C27H32N4O11/c1-15(32)39-12-20-22(40-16(2)33)23(41-17(3)34)27(42-20)31-24(18-6-8-19(37-5)9-7-18)29-21-25(31)28-13-30(26(21)35)14-38-11-10-36-4/h6-9,13,20,22-23,27H,10-12,14H2,1-5H3/t20-,22-,23-,27-/m1/s1. The molecule has 15 nitrogen and oxygen atoms in total. The Morgan fingerprint density at radius 3 is 2.26 bits per heavy atom. The highest BCUT2D eigenvalue weighted by Crippen LogP contribution is 2.39. The maximum Gasteiger partial charge on any atom is 0.303 e. The van der Waals surface area contributed by atoms with Gasteiger partial charge in [0, 0.05) is 33.4 Å². The summed E-state index contributed by atoms with van der Waals surface area (Å²) < 4.78 is 41.0. The van der Waals surface area contributed by atoms with E-state index in [9.17, 15) is 19.2 Å². The lowest BCUT2D eigenvalue weighted by Gasteiger charge is -2.24. The molecule has 1 aliphatic heterocycles. The first-order chi connectivity index (χ1) is 20.1. The number of hydrogen-bond donors (Lipinski definition) is 0. The van der Waals surface area contributed by atoms with Crippen molar-refractivity contribution < 1.29 is 47.5 Å². The summed E-state index contributed by atoms with van der Waals surface area (Å²) in [5, 5.41) is 0. The van der Waals surface area contributed by atoms with Crippen molar-refractivity contribution in [2.24, 2.45) is 0 Å². The van der Waals surface area contributed by atoms with E-state index in [1.54, 1.807) is 24.3 Å². The highest BCUT2D eigenvalue weighted by atomic mass is 16.7. The van der Waals surface area contributed by atoms with Crippen LogP contribution in [0.2, 0.25) is 0 Å². The van der Waals surface area contributed by atoms with Gasteiger partial charge in [0.1, 0.15) is 37.3 Å². The van der Waals surface area contributed by atoms with Gasteiger partial charge < -0.3 is 33.2 Å². The minimum Gasteiger partial charge on any atom is -0.497 e. The van der Waals surface area contributed by atoms with Crippen LogP contribution in [0.3, 0.4) is 0 Å². The average Bonchev–Trinajstić information content (AvgIpc) is 3.49. The highest BCUT2D eigenvalue weighted by molar-refractivity contribution is 5.77. The summed E-state index contributed by atoms with van der Waals surface area (Å²) in [6.45, 7) is 3.81. The number of imidazole rings is 1. The largest absolute Gasteiger partial charge is 0.497 e. The molecule has 3 aromatic rings. The second-order valence-electron chi connectivity index (χ2n) is 9.27. The number of carbonyl (C=O) groups excluding carboxylic acids is 3. The normalized spacial score (nSPS) is 19.9. The van der Waals surface area contributed by atoms with Crippen LogP contribution in [0, 0.1) is 0 Å². The minimum absolute atomic E-state index is 0.0173. The van der Waals surface area contributed by atoms with E-state index in [1.807, 2.05) is 0 Å². The van der Waals surface area contributed by atoms with Gasteiger partial charge in [0.15, 0.2) is 29.6 Å². The highest BCUT2D eigenvalue weighted by Gasteiger charge is 2.51. The van der Waals surface area contributed by atoms with Gasteiger partial charge in [0.2, 0.25) is 0 Å². The third kappa shape index (κ3) is 6.75. The molecular weight excluding hydrogens is 556 g/mol. The molecule has 0 aliphatic carbocycles. The number of ether oxygens (including phenoxy) is 7. The molecule has 0 radical (unpaired) electrons. The van der Waals surface area contributed by atoms with Gasteiger partial charge >= 0.3 is 17.9 Å². The Hall–Kier alpha value is -4.34. The van der Waals surface area contributed by atoms with Crippen LogP contribution in [0.1, 0.15) is 27.0 Å². The second-order valence-corrected chi connectivity index (χ2v) is 9.27. The fraction of sp³-hybridized carbons (Fsp3) is 0.481. The van der Waals surface area contributed by atoms with Crippen molar-refractivity contribution in [2.75, 3.05) is 34.0 Å². The zero-order chi connectivity index (χ0) is 30.4. The smallest absolute Gasteiger partial charge is 0.303 e. The van der Waals surface area contributed by atoms with Gasteiger partial charge in [-0.2, -0.15) is 0 Å². The monoisotopic (exact) mass is 588 g/mol. The van der Waals surface area contributed by atoms with Crippen LogP contribution >= 0.6 is 0 Å². The lowest BCUT2D eigenvalue weighted by atomic mass is 10.1. The Morgan fingerprint density at radius 2 is 1.64 bits per heavy atom. The maximum atomic E-state index is 13.5. The number of aromatic nitrogens is 4. The van der Waals surface area contributed by atoms with Gasteiger partial charge in [-0.1, -0.05) is 0 Å². The Kier molecular flexibility index (Phi) is 9.88. The molecule has 0 saturated carbocycles. The molecule has 1 aliphatic rings. The molecule has 4 atom stereocenters. The Morgan fingerprint density at radius 1 is 0.952 bits per heavy atom. The topological polar surface area (TPSA) is 169 Å². The summed E-state index contributed by atoms with van der Waals surface area (Å²) in [4.78, 5) is 58.4. The lowest BCUT2D eigenvalue weighted by molar-refractivity contribution is -0.166. The molecule has 4 rings (SSSR count). The third-order valence-electron chi connectivity index (χ3n) is 6.27. The maximum absolute atomic E-state index is 13.5. The minimum atomic E-state index is -1.22. The molecule has 3 heterocycles. The third-order valence-corrected chi connectivity index (χ3v) is 6.27. The zero-order valence-corrected chi connectivity index (χ0v) is 23.8. The molecule has 1 aromatic carbocycles. The van der Waals surface area contributed by atoms with Crippen molar-refractivity contribution in [3.05, 3.63) is 40.9 Å². The van der Waals surface area contributed by atoms with Crippen LogP contribution in [0.5, 0.6) is 5.75 Å². The number of esters is 3. The summed E-state index contributed by atoms with van der Waals surface area (Å²) in [5.41, 5.74) is 0.141. The number of hydrogen-bond acceptors (Lipinski definition) is 13. The predicted octanol–water partition coefficient (Wildman–Crippen LogP) is 1.21. The number of nitrogens with zero attached hydrogens (tertiary/aromatic N) is 4. The first-order valence-corrected chi connectivity index (χ1v) is 13.0. The van der Waals surface area contributed by atoms with Gasteiger partial charge in [-0.05, 0) is 24.3 Å². The molecule has 0 bridgehead atoms. The van der Waals surface area contributed by atoms with Crippen LogP contribution in [-0.2, 0) is 49.5 Å². The van der Waals surface area contributed by atoms with E-state index in [1.165, 1.54) is 50.5 Å². The first-order valence-electron chi connectivity index (χ1n) is 13.0. The number of fused-ring (bicyclic) bond motifs is 1. The summed E-state index contributed by atoms with van der Waals surface area (Å²) >= 11 is 0. The average molecular weight is 589 g/mol. The predicted molar refractivity (Wildman–Crippen MR) is 143 cm³/mol. The molecule has 0 spiro atoms. The van der Waals surface area contributed by atoms with Crippen LogP contribution < -0.4 is 10.3 Å². The van der Waals surface area contributed by atoms with Crippen molar-refractivity contribution in [3.8, 4) is 17.1 Å². The van der Waals surface area contributed by atoms with Crippen molar-refractivity contribution in [2.45, 2.75) is 52.0 Å². The van der Waals surface area contributed by atoms with E-state index >= 15 is 0 Å². The summed E-state index contributed by atoms with van der Waals surface area (Å²) in [6.07, 6.45) is -3.30. The van der Waals surface area contributed by atoms with E-state index < -0.39 is 48.0 Å². The van der Waals surface area contributed by atoms with Crippen LogP contribution in [0.4, 0.5) is 0 Å². The first kappa shape index (κ1) is 30.6. The zero-order valence-electron chi connectivity index (χ0n) is 23.8. The van der Waals surface area contributed by atoms with Gasteiger partial charge in [0.25, 0.3) is 5.56 Å². The molecule has 1 fully saturated rings. The van der Waals surface area contributed by atoms with Crippen molar-refractivity contribution >= 4 is 29.1 Å². The van der Waals surface area contributed by atoms with Crippen LogP contribution in [0.25, 0.3) is 22.6 Å². The van der Waals surface area contributed by atoms with Gasteiger partial charge in [-0.25, -0.2) is 9.97 Å². The van der Waals surface area contributed by atoms with Gasteiger partial charge in [-0.15, -0.1) is 0 Å². The number of methoxy groups -OCH3 is 2. The molecule has 2 aromatic heterocycles. The number of rotatable bonds is 12. The lowest BCUT2D eigenvalue weighted by Crippen LogP contribution is -2.40. The Bertz CT molecular complexity index is 1480. The van der Waals surface area contributed by atoms with Crippen LogP contribution in [-0.4, -0.2) is 89.4 Å². The Labute approximate surface area is 240 Å².